The van der Waals surface area contributed by atoms with Crippen LogP contribution in [0.2, 0.25) is 0 Å². The molecule has 0 bridgehead atoms. The number of aliphatic carboxylic acids is 1. The standard InChI is InChI=1S/C8H13N3O2/c1-4-5(2)11(3)10-7(4)6(9)8(12)13/h6H,9H2,1-3H3,(H,12,13). The van der Waals surface area contributed by atoms with Crippen LogP contribution in [0.25, 0.3) is 0 Å². The minimum atomic E-state index is -1.05. The van der Waals surface area contributed by atoms with Crippen LogP contribution in [0.15, 0.2) is 0 Å². The molecule has 1 aromatic heterocycles. The third-order valence-electron chi connectivity index (χ3n) is 2.23. The van der Waals surface area contributed by atoms with Crippen molar-refractivity contribution in [1.29, 1.82) is 0 Å². The van der Waals surface area contributed by atoms with E-state index < -0.39 is 12.0 Å². The lowest BCUT2D eigenvalue weighted by Crippen LogP contribution is -2.22. The summed E-state index contributed by atoms with van der Waals surface area (Å²) in [7, 11) is 1.76. The summed E-state index contributed by atoms with van der Waals surface area (Å²) in [4.78, 5) is 10.6. The predicted octanol–water partition coefficient (Wildman–Crippen LogP) is 0.121. The van der Waals surface area contributed by atoms with Gasteiger partial charge in [-0.3, -0.25) is 9.48 Å². The fraction of sp³-hybridized carbons (Fsp3) is 0.500. The van der Waals surface area contributed by atoms with Gasteiger partial charge in [0, 0.05) is 12.7 Å². The van der Waals surface area contributed by atoms with Gasteiger partial charge in [-0.05, 0) is 19.4 Å². The average molecular weight is 183 g/mol. The third kappa shape index (κ3) is 1.55. The third-order valence-corrected chi connectivity index (χ3v) is 2.23. The van der Waals surface area contributed by atoms with Gasteiger partial charge in [-0.15, -0.1) is 0 Å². The molecule has 0 radical (unpaired) electrons. The van der Waals surface area contributed by atoms with Crippen LogP contribution in [-0.2, 0) is 11.8 Å². The summed E-state index contributed by atoms with van der Waals surface area (Å²) in [5.41, 5.74) is 7.66. The quantitative estimate of drug-likeness (QED) is 0.682. The molecule has 1 rings (SSSR count). The van der Waals surface area contributed by atoms with Crippen molar-refractivity contribution in [3.05, 3.63) is 17.0 Å². The zero-order valence-corrected chi connectivity index (χ0v) is 7.90. The monoisotopic (exact) mass is 183 g/mol. The first kappa shape index (κ1) is 9.73. The molecule has 5 heteroatoms. The highest BCUT2D eigenvalue weighted by molar-refractivity contribution is 5.75. The number of nitrogens with zero attached hydrogens (tertiary/aromatic N) is 2. The van der Waals surface area contributed by atoms with E-state index in [4.69, 9.17) is 10.8 Å². The van der Waals surface area contributed by atoms with Crippen LogP contribution in [0.1, 0.15) is 23.0 Å². The molecule has 1 atom stereocenters. The van der Waals surface area contributed by atoms with Crippen molar-refractivity contribution in [3.8, 4) is 0 Å². The number of aryl methyl sites for hydroxylation is 1. The van der Waals surface area contributed by atoms with Crippen molar-refractivity contribution in [2.24, 2.45) is 12.8 Å². The molecular weight excluding hydrogens is 170 g/mol. The number of carboxylic acids is 1. The summed E-state index contributed by atoms with van der Waals surface area (Å²) < 4.78 is 1.63. The second-order valence-corrected chi connectivity index (χ2v) is 3.04. The van der Waals surface area contributed by atoms with Crippen molar-refractivity contribution in [1.82, 2.24) is 9.78 Å². The van der Waals surface area contributed by atoms with Gasteiger partial charge in [0.15, 0.2) is 0 Å². The number of carboxylic acid groups (broad SMARTS) is 1. The van der Waals surface area contributed by atoms with E-state index in [9.17, 15) is 4.79 Å². The fourth-order valence-corrected chi connectivity index (χ4v) is 1.15. The summed E-state index contributed by atoms with van der Waals surface area (Å²) in [5, 5.41) is 12.7. The van der Waals surface area contributed by atoms with Crippen LogP contribution in [0.5, 0.6) is 0 Å². The Morgan fingerprint density at radius 1 is 1.62 bits per heavy atom. The van der Waals surface area contributed by atoms with Gasteiger partial charge in [0.2, 0.25) is 0 Å². The molecule has 3 N–H and O–H groups in total. The highest BCUT2D eigenvalue weighted by Crippen LogP contribution is 2.16. The summed E-state index contributed by atoms with van der Waals surface area (Å²) >= 11 is 0. The van der Waals surface area contributed by atoms with Gasteiger partial charge in [0.25, 0.3) is 0 Å². The first-order chi connectivity index (χ1) is 5.95. The maximum Gasteiger partial charge on any atom is 0.326 e. The second-order valence-electron chi connectivity index (χ2n) is 3.04. The van der Waals surface area contributed by atoms with E-state index in [0.717, 1.165) is 11.3 Å². The Morgan fingerprint density at radius 2 is 2.15 bits per heavy atom. The summed E-state index contributed by atoms with van der Waals surface area (Å²) in [6.45, 7) is 3.70. The van der Waals surface area contributed by atoms with Crippen molar-refractivity contribution in [3.63, 3.8) is 0 Å². The van der Waals surface area contributed by atoms with Crippen LogP contribution in [0.4, 0.5) is 0 Å². The van der Waals surface area contributed by atoms with Crippen molar-refractivity contribution in [2.75, 3.05) is 0 Å². The summed E-state index contributed by atoms with van der Waals surface area (Å²) in [6, 6.07) is -1.03. The van der Waals surface area contributed by atoms with Crippen LogP contribution in [0.3, 0.4) is 0 Å². The molecule has 0 saturated carbocycles. The smallest absolute Gasteiger partial charge is 0.326 e. The topological polar surface area (TPSA) is 81.1 Å². The number of rotatable bonds is 2. The zero-order valence-electron chi connectivity index (χ0n) is 7.90. The van der Waals surface area contributed by atoms with Gasteiger partial charge >= 0.3 is 5.97 Å². The zero-order chi connectivity index (χ0) is 10.2. The molecule has 1 unspecified atom stereocenters. The van der Waals surface area contributed by atoms with E-state index in [1.807, 2.05) is 13.8 Å². The molecule has 0 spiro atoms. The van der Waals surface area contributed by atoms with Crippen LogP contribution in [0, 0.1) is 13.8 Å². The minimum absolute atomic E-state index is 0.438. The van der Waals surface area contributed by atoms with Gasteiger partial charge in [0.05, 0.1) is 5.69 Å². The number of nitrogens with two attached hydrogens (primary N) is 1. The van der Waals surface area contributed by atoms with Gasteiger partial charge < -0.3 is 10.8 Å². The fourth-order valence-electron chi connectivity index (χ4n) is 1.15. The molecule has 1 heterocycles. The van der Waals surface area contributed by atoms with E-state index in [1.54, 1.807) is 11.7 Å². The van der Waals surface area contributed by atoms with E-state index in [1.165, 1.54) is 0 Å². The first-order valence-corrected chi connectivity index (χ1v) is 3.93. The number of aromatic nitrogens is 2. The Morgan fingerprint density at radius 3 is 2.46 bits per heavy atom. The summed E-state index contributed by atoms with van der Waals surface area (Å²) in [6.07, 6.45) is 0. The highest BCUT2D eigenvalue weighted by atomic mass is 16.4. The number of hydrogen-bond donors (Lipinski definition) is 2. The lowest BCUT2D eigenvalue weighted by atomic mass is 10.1. The van der Waals surface area contributed by atoms with Crippen LogP contribution >= 0.6 is 0 Å². The van der Waals surface area contributed by atoms with Crippen molar-refractivity contribution < 1.29 is 9.90 Å². The number of carbonyl (C=O) groups is 1. The van der Waals surface area contributed by atoms with Crippen LogP contribution < -0.4 is 5.73 Å². The molecule has 5 nitrogen and oxygen atoms in total. The second kappa shape index (κ2) is 3.18. The molecule has 13 heavy (non-hydrogen) atoms. The molecular formula is C8H13N3O2. The lowest BCUT2D eigenvalue weighted by molar-refractivity contribution is -0.138. The molecule has 0 aliphatic heterocycles. The molecule has 0 amide bonds. The highest BCUT2D eigenvalue weighted by Gasteiger charge is 2.21. The Kier molecular flexibility index (Phi) is 2.38. The maximum atomic E-state index is 10.6. The molecule has 72 valence electrons. The Hall–Kier alpha value is -1.36. The van der Waals surface area contributed by atoms with E-state index >= 15 is 0 Å². The normalized spacial score (nSPS) is 12.9. The number of hydrogen-bond acceptors (Lipinski definition) is 3. The van der Waals surface area contributed by atoms with Gasteiger partial charge in [-0.2, -0.15) is 5.10 Å². The Balaban J connectivity index is 3.15. The largest absolute Gasteiger partial charge is 0.480 e. The average Bonchev–Trinajstić information content (AvgIpc) is 2.31. The SMILES string of the molecule is Cc1c(C(N)C(=O)O)nn(C)c1C. The molecule has 0 aromatic carbocycles. The maximum absolute atomic E-state index is 10.6. The van der Waals surface area contributed by atoms with E-state index in [0.29, 0.717) is 5.69 Å². The van der Waals surface area contributed by atoms with Crippen molar-refractivity contribution >= 4 is 5.97 Å². The Labute approximate surface area is 76.2 Å². The molecule has 0 fully saturated rings. The predicted molar refractivity (Wildman–Crippen MR) is 47.2 cm³/mol. The molecule has 0 aliphatic rings. The minimum Gasteiger partial charge on any atom is -0.480 e. The molecule has 0 saturated heterocycles. The van der Waals surface area contributed by atoms with Crippen LogP contribution in [-0.4, -0.2) is 20.9 Å². The van der Waals surface area contributed by atoms with Gasteiger partial charge in [-0.25, -0.2) is 0 Å². The van der Waals surface area contributed by atoms with Gasteiger partial charge in [-0.1, -0.05) is 0 Å². The first-order valence-electron chi connectivity index (χ1n) is 3.93. The van der Waals surface area contributed by atoms with Gasteiger partial charge in [0.1, 0.15) is 6.04 Å². The molecule has 0 aliphatic carbocycles. The molecule has 1 aromatic rings. The van der Waals surface area contributed by atoms with E-state index in [-0.39, 0.29) is 0 Å². The Bertz CT molecular complexity index is 343. The van der Waals surface area contributed by atoms with Crippen molar-refractivity contribution in [2.45, 2.75) is 19.9 Å². The van der Waals surface area contributed by atoms with E-state index in [2.05, 4.69) is 5.10 Å². The summed E-state index contributed by atoms with van der Waals surface area (Å²) in [5.74, 6) is -1.05. The lowest BCUT2D eigenvalue weighted by Gasteiger charge is -2.02.